The predicted octanol–water partition coefficient (Wildman–Crippen LogP) is 3.03. The summed E-state index contributed by atoms with van der Waals surface area (Å²) in [6.45, 7) is 3.81. The van der Waals surface area contributed by atoms with Gasteiger partial charge in [0.1, 0.15) is 4.90 Å². The number of halogens is 1. The van der Waals surface area contributed by atoms with Gasteiger partial charge in [0, 0.05) is 5.88 Å². The van der Waals surface area contributed by atoms with E-state index in [1.807, 2.05) is 6.92 Å². The Morgan fingerprint density at radius 1 is 1.43 bits per heavy atom. The van der Waals surface area contributed by atoms with Crippen molar-refractivity contribution >= 4 is 27.1 Å². The summed E-state index contributed by atoms with van der Waals surface area (Å²) >= 11 is 5.62. The molecule has 1 aromatic carbocycles. The molecule has 0 aliphatic carbocycles. The maximum atomic E-state index is 12.3. The van der Waals surface area contributed by atoms with E-state index in [4.69, 9.17) is 16.3 Å². The van der Waals surface area contributed by atoms with Crippen LogP contribution in [0.4, 0.5) is 5.69 Å². The first-order chi connectivity index (χ1) is 9.83. The molecular weight excluding hydrogens is 318 g/mol. The lowest BCUT2D eigenvalue weighted by Gasteiger charge is -2.11. The Hall–Kier alpha value is -1.34. The van der Waals surface area contributed by atoms with E-state index in [1.54, 1.807) is 6.92 Å². The van der Waals surface area contributed by atoms with Crippen LogP contribution in [0.1, 0.15) is 20.3 Å². The second-order valence-corrected chi connectivity index (χ2v) is 7.06. The molecule has 1 unspecified atom stereocenters. The highest BCUT2D eigenvalue weighted by molar-refractivity contribution is 7.91. The monoisotopic (exact) mass is 335 g/mol. The summed E-state index contributed by atoms with van der Waals surface area (Å²) in [6.07, 6.45) is 0.664. The molecule has 0 heterocycles. The summed E-state index contributed by atoms with van der Waals surface area (Å²) < 4.78 is 30.0. The number of nitrogens with zero attached hydrogens (tertiary/aromatic N) is 1. The van der Waals surface area contributed by atoms with Gasteiger partial charge in [-0.25, -0.2) is 8.42 Å². The van der Waals surface area contributed by atoms with Crippen LogP contribution in [-0.4, -0.2) is 31.6 Å². The second-order valence-electron chi connectivity index (χ2n) is 4.75. The lowest BCUT2D eigenvalue weighted by molar-refractivity contribution is -0.388. The number of hydrogen-bond donors (Lipinski definition) is 0. The minimum absolute atomic E-state index is 0.0264. The number of alkyl halides is 1. The maximum Gasteiger partial charge on any atom is 0.329 e. The molecule has 0 amide bonds. The first-order valence-electron chi connectivity index (χ1n) is 6.52. The molecule has 0 radical (unpaired) electrons. The Balaban J connectivity index is 3.32. The van der Waals surface area contributed by atoms with E-state index in [1.165, 1.54) is 18.2 Å². The third-order valence-corrected chi connectivity index (χ3v) is 5.24. The molecule has 0 spiro atoms. The van der Waals surface area contributed by atoms with Gasteiger partial charge in [0.05, 0.1) is 17.3 Å². The van der Waals surface area contributed by atoms with Gasteiger partial charge in [-0.15, -0.1) is 11.6 Å². The minimum atomic E-state index is -3.80. The van der Waals surface area contributed by atoms with Crippen molar-refractivity contribution in [2.75, 3.05) is 18.2 Å². The van der Waals surface area contributed by atoms with Crippen LogP contribution in [0.2, 0.25) is 0 Å². The highest BCUT2D eigenvalue weighted by Crippen LogP contribution is 2.35. The van der Waals surface area contributed by atoms with Gasteiger partial charge in [0.15, 0.2) is 15.6 Å². The maximum absolute atomic E-state index is 12.3. The highest BCUT2D eigenvalue weighted by atomic mass is 35.5. The second kappa shape index (κ2) is 7.61. The predicted molar refractivity (Wildman–Crippen MR) is 80.8 cm³/mol. The summed E-state index contributed by atoms with van der Waals surface area (Å²) in [4.78, 5) is 10.2. The molecule has 8 heteroatoms. The molecule has 0 bridgehead atoms. The molecule has 21 heavy (non-hydrogen) atoms. The van der Waals surface area contributed by atoms with Crippen molar-refractivity contribution in [2.24, 2.45) is 5.92 Å². The number of hydrogen-bond acceptors (Lipinski definition) is 5. The van der Waals surface area contributed by atoms with Crippen molar-refractivity contribution in [3.8, 4) is 5.75 Å². The van der Waals surface area contributed by atoms with Crippen LogP contribution in [0.15, 0.2) is 23.1 Å². The van der Waals surface area contributed by atoms with Gasteiger partial charge >= 0.3 is 5.69 Å². The average molecular weight is 336 g/mol. The van der Waals surface area contributed by atoms with E-state index >= 15 is 0 Å². The van der Waals surface area contributed by atoms with Crippen LogP contribution in [0.3, 0.4) is 0 Å². The van der Waals surface area contributed by atoms with Crippen molar-refractivity contribution in [3.05, 3.63) is 28.3 Å². The zero-order chi connectivity index (χ0) is 16.0. The molecule has 1 rings (SSSR count). The van der Waals surface area contributed by atoms with Gasteiger partial charge in [-0.3, -0.25) is 10.1 Å². The first-order valence-corrected chi connectivity index (χ1v) is 8.71. The molecule has 0 saturated carbocycles. The summed E-state index contributed by atoms with van der Waals surface area (Å²) in [6, 6.07) is 4.07. The molecule has 0 N–H and O–H groups in total. The van der Waals surface area contributed by atoms with Crippen molar-refractivity contribution in [1.82, 2.24) is 0 Å². The van der Waals surface area contributed by atoms with E-state index in [2.05, 4.69) is 0 Å². The number of nitro groups is 1. The van der Waals surface area contributed by atoms with Gasteiger partial charge < -0.3 is 4.74 Å². The van der Waals surface area contributed by atoms with E-state index < -0.39 is 20.4 Å². The molecule has 0 fully saturated rings. The molecule has 118 valence electrons. The quantitative estimate of drug-likeness (QED) is 0.414. The van der Waals surface area contributed by atoms with E-state index in [9.17, 15) is 18.5 Å². The summed E-state index contributed by atoms with van der Waals surface area (Å²) in [7, 11) is -3.80. The molecule has 0 aromatic heterocycles. The van der Waals surface area contributed by atoms with Gasteiger partial charge in [-0.05, 0) is 24.5 Å². The Labute approximate surface area is 129 Å². The van der Waals surface area contributed by atoms with Crippen molar-refractivity contribution < 1.29 is 18.1 Å². The number of para-hydroxylation sites is 1. The number of rotatable bonds is 8. The van der Waals surface area contributed by atoms with Gasteiger partial charge in [-0.1, -0.05) is 19.9 Å². The van der Waals surface area contributed by atoms with Gasteiger partial charge in [0.25, 0.3) is 0 Å². The fourth-order valence-electron chi connectivity index (χ4n) is 1.77. The van der Waals surface area contributed by atoms with Crippen LogP contribution in [0, 0.1) is 16.0 Å². The smallest absolute Gasteiger partial charge is 0.329 e. The molecular formula is C13H18ClNO5S. The highest BCUT2D eigenvalue weighted by Gasteiger charge is 2.30. The number of ether oxygens (including phenoxy) is 1. The fourth-order valence-corrected chi connectivity index (χ4v) is 3.81. The van der Waals surface area contributed by atoms with E-state index in [0.29, 0.717) is 6.42 Å². The molecule has 0 saturated heterocycles. The van der Waals surface area contributed by atoms with Gasteiger partial charge in [0.2, 0.25) is 0 Å². The SMILES string of the molecule is CCCOc1cccc(S(=O)(=O)CC(C)CCl)c1[N+](=O)[O-]. The summed E-state index contributed by atoms with van der Waals surface area (Å²) in [5.41, 5.74) is -0.507. The normalized spacial score (nSPS) is 12.9. The zero-order valence-corrected chi connectivity index (χ0v) is 13.5. The topological polar surface area (TPSA) is 86.5 Å². The third kappa shape index (κ3) is 4.57. The van der Waals surface area contributed by atoms with Crippen molar-refractivity contribution in [1.29, 1.82) is 0 Å². The Morgan fingerprint density at radius 2 is 2.10 bits per heavy atom. The lowest BCUT2D eigenvalue weighted by atomic mass is 10.3. The first kappa shape index (κ1) is 17.7. The molecule has 0 aliphatic heterocycles. The largest absolute Gasteiger partial charge is 0.487 e. The molecule has 6 nitrogen and oxygen atoms in total. The standard InChI is InChI=1S/C13H18ClNO5S/c1-3-7-20-11-5-4-6-12(13(11)15(16)17)21(18,19)9-10(2)8-14/h4-6,10H,3,7-9H2,1-2H3. The van der Waals surface area contributed by atoms with Crippen LogP contribution < -0.4 is 4.74 Å². The zero-order valence-electron chi connectivity index (χ0n) is 11.9. The third-order valence-electron chi connectivity index (χ3n) is 2.71. The minimum Gasteiger partial charge on any atom is -0.487 e. The average Bonchev–Trinajstić information content (AvgIpc) is 2.43. The van der Waals surface area contributed by atoms with Crippen LogP contribution >= 0.6 is 11.6 Å². The Morgan fingerprint density at radius 3 is 2.62 bits per heavy atom. The van der Waals surface area contributed by atoms with Crippen molar-refractivity contribution in [2.45, 2.75) is 25.2 Å². The van der Waals surface area contributed by atoms with Crippen molar-refractivity contribution in [3.63, 3.8) is 0 Å². The fraction of sp³-hybridized carbons (Fsp3) is 0.538. The summed E-state index contributed by atoms with van der Waals surface area (Å²) in [5.74, 6) is -0.397. The Kier molecular flexibility index (Phi) is 6.42. The summed E-state index contributed by atoms with van der Waals surface area (Å²) in [5, 5.41) is 11.2. The number of benzene rings is 1. The lowest BCUT2D eigenvalue weighted by Crippen LogP contribution is -2.17. The van der Waals surface area contributed by atoms with Crippen LogP contribution in [-0.2, 0) is 9.84 Å². The van der Waals surface area contributed by atoms with Crippen LogP contribution in [0.5, 0.6) is 5.75 Å². The van der Waals surface area contributed by atoms with Crippen LogP contribution in [0.25, 0.3) is 0 Å². The molecule has 0 aliphatic rings. The number of sulfone groups is 1. The van der Waals surface area contributed by atoms with E-state index in [0.717, 1.165) is 0 Å². The van der Waals surface area contributed by atoms with Gasteiger partial charge in [-0.2, -0.15) is 0 Å². The number of nitro benzene ring substituents is 1. The molecule has 1 aromatic rings. The molecule has 1 atom stereocenters. The van der Waals surface area contributed by atoms with E-state index in [-0.39, 0.29) is 34.8 Å². The Bertz CT molecular complexity index is 603.